The molecule has 4 rings (SSSR count). The molecule has 0 unspecified atom stereocenters. The van der Waals surface area contributed by atoms with Crippen LogP contribution in [0.1, 0.15) is 5.56 Å². The summed E-state index contributed by atoms with van der Waals surface area (Å²) in [7, 11) is 0. The standard InChI is InChI=1S/C21H15ClF2N4O2/c1-2-9-27-20(29)18-19(28(21(27)30)14-6-3-5-13(22)10-14)25-12-26(18)11-15-16(23)7-4-8-17(15)24/h2-8,10,12H,1,9,11H2. The average molecular weight is 429 g/mol. The molecule has 0 aliphatic heterocycles. The Hall–Kier alpha value is -3.52. The van der Waals surface area contributed by atoms with Gasteiger partial charge in [-0.3, -0.25) is 9.36 Å². The number of hydrogen-bond donors (Lipinski definition) is 0. The van der Waals surface area contributed by atoms with Gasteiger partial charge < -0.3 is 4.57 Å². The predicted octanol–water partition coefficient (Wildman–Crippen LogP) is 3.51. The monoisotopic (exact) mass is 428 g/mol. The summed E-state index contributed by atoms with van der Waals surface area (Å²) in [6, 6.07) is 10.0. The smallest absolute Gasteiger partial charge is 0.320 e. The maximum absolute atomic E-state index is 14.2. The molecule has 0 saturated heterocycles. The van der Waals surface area contributed by atoms with Crippen LogP contribution in [0.2, 0.25) is 5.02 Å². The minimum absolute atomic E-state index is 0.0269. The second kappa shape index (κ2) is 7.72. The van der Waals surface area contributed by atoms with Gasteiger partial charge in [-0.05, 0) is 30.3 Å². The van der Waals surface area contributed by atoms with Crippen LogP contribution in [0.25, 0.3) is 16.9 Å². The van der Waals surface area contributed by atoms with E-state index in [9.17, 15) is 18.4 Å². The summed E-state index contributed by atoms with van der Waals surface area (Å²) in [4.78, 5) is 30.3. The fourth-order valence-electron chi connectivity index (χ4n) is 3.29. The van der Waals surface area contributed by atoms with Gasteiger partial charge in [0.05, 0.1) is 18.6 Å². The second-order valence-corrected chi connectivity index (χ2v) is 6.98. The molecule has 0 saturated carbocycles. The van der Waals surface area contributed by atoms with Crippen LogP contribution >= 0.6 is 11.6 Å². The number of imidazole rings is 1. The predicted molar refractivity (Wildman–Crippen MR) is 110 cm³/mol. The fraction of sp³-hybridized carbons (Fsp3) is 0.0952. The quantitative estimate of drug-likeness (QED) is 0.457. The normalized spacial score (nSPS) is 11.2. The highest BCUT2D eigenvalue weighted by atomic mass is 35.5. The summed E-state index contributed by atoms with van der Waals surface area (Å²) in [6.45, 7) is 3.27. The lowest BCUT2D eigenvalue weighted by Gasteiger charge is -2.12. The zero-order chi connectivity index (χ0) is 21.4. The van der Waals surface area contributed by atoms with Gasteiger partial charge >= 0.3 is 5.69 Å². The van der Waals surface area contributed by atoms with E-state index in [1.165, 1.54) is 27.6 Å². The third-order valence-electron chi connectivity index (χ3n) is 4.67. The first-order valence-corrected chi connectivity index (χ1v) is 9.30. The van der Waals surface area contributed by atoms with E-state index < -0.39 is 22.9 Å². The van der Waals surface area contributed by atoms with Crippen molar-refractivity contribution in [3.05, 3.63) is 105 Å². The van der Waals surface area contributed by atoms with Gasteiger partial charge in [0.15, 0.2) is 11.2 Å². The Bertz CT molecular complexity index is 1380. The van der Waals surface area contributed by atoms with Crippen molar-refractivity contribution in [1.82, 2.24) is 18.7 Å². The molecule has 0 atom stereocenters. The number of benzene rings is 2. The fourth-order valence-corrected chi connectivity index (χ4v) is 3.48. The molecule has 2 heterocycles. The molecular formula is C21H15ClF2N4O2. The summed E-state index contributed by atoms with van der Waals surface area (Å²) in [5.74, 6) is -1.49. The lowest BCUT2D eigenvalue weighted by atomic mass is 10.2. The molecule has 9 heteroatoms. The van der Waals surface area contributed by atoms with E-state index >= 15 is 0 Å². The van der Waals surface area contributed by atoms with Crippen molar-refractivity contribution >= 4 is 22.8 Å². The van der Waals surface area contributed by atoms with Crippen molar-refractivity contribution in [2.75, 3.05) is 0 Å². The molecule has 2 aromatic carbocycles. The van der Waals surface area contributed by atoms with E-state index in [1.54, 1.807) is 24.3 Å². The van der Waals surface area contributed by atoms with Gasteiger partial charge in [0.2, 0.25) is 0 Å². The lowest BCUT2D eigenvalue weighted by molar-refractivity contribution is 0.546. The van der Waals surface area contributed by atoms with Crippen LogP contribution in [0, 0.1) is 11.6 Å². The number of nitrogens with zero attached hydrogens (tertiary/aromatic N) is 4. The zero-order valence-electron chi connectivity index (χ0n) is 15.6. The van der Waals surface area contributed by atoms with Crippen molar-refractivity contribution in [2.45, 2.75) is 13.1 Å². The maximum atomic E-state index is 14.2. The molecule has 0 aliphatic rings. The van der Waals surface area contributed by atoms with Crippen LogP contribution in [0.15, 0.2) is 71.0 Å². The Balaban J connectivity index is 2.03. The van der Waals surface area contributed by atoms with Crippen LogP contribution in [0.3, 0.4) is 0 Å². The molecule has 2 aromatic heterocycles. The third kappa shape index (κ3) is 3.25. The highest BCUT2D eigenvalue weighted by molar-refractivity contribution is 6.30. The van der Waals surface area contributed by atoms with E-state index in [4.69, 9.17) is 11.6 Å². The van der Waals surface area contributed by atoms with E-state index in [2.05, 4.69) is 11.6 Å². The summed E-state index contributed by atoms with van der Waals surface area (Å²) in [5, 5.41) is 0.391. The Labute approximate surface area is 173 Å². The third-order valence-corrected chi connectivity index (χ3v) is 4.90. The van der Waals surface area contributed by atoms with E-state index in [-0.39, 0.29) is 29.8 Å². The topological polar surface area (TPSA) is 61.8 Å². The van der Waals surface area contributed by atoms with Crippen LogP contribution in [-0.2, 0) is 13.1 Å². The summed E-state index contributed by atoms with van der Waals surface area (Å²) in [6.07, 6.45) is 2.69. The van der Waals surface area contributed by atoms with Gasteiger partial charge in [-0.2, -0.15) is 0 Å². The summed E-state index contributed by atoms with van der Waals surface area (Å²) >= 11 is 6.07. The number of hydrogen-bond acceptors (Lipinski definition) is 3. The highest BCUT2D eigenvalue weighted by Gasteiger charge is 2.20. The Morgan fingerprint density at radius 3 is 2.47 bits per heavy atom. The van der Waals surface area contributed by atoms with Gasteiger partial charge in [0.1, 0.15) is 11.6 Å². The molecule has 0 spiro atoms. The summed E-state index contributed by atoms with van der Waals surface area (Å²) < 4.78 is 31.8. The number of rotatable bonds is 5. The van der Waals surface area contributed by atoms with E-state index in [0.717, 1.165) is 16.7 Å². The lowest BCUT2D eigenvalue weighted by Crippen LogP contribution is -2.39. The van der Waals surface area contributed by atoms with Crippen LogP contribution in [-0.4, -0.2) is 18.7 Å². The first-order valence-electron chi connectivity index (χ1n) is 8.92. The second-order valence-electron chi connectivity index (χ2n) is 6.55. The SMILES string of the molecule is C=CCn1c(=O)c2c(ncn2Cc2c(F)cccc2F)n(-c2cccc(Cl)c2)c1=O. The van der Waals surface area contributed by atoms with Crippen LogP contribution < -0.4 is 11.2 Å². The molecule has 0 radical (unpaired) electrons. The van der Waals surface area contributed by atoms with E-state index in [1.807, 2.05) is 0 Å². The average Bonchev–Trinajstić information content (AvgIpc) is 3.12. The van der Waals surface area contributed by atoms with Crippen molar-refractivity contribution < 1.29 is 8.78 Å². The molecule has 0 fully saturated rings. The first-order chi connectivity index (χ1) is 14.4. The van der Waals surface area contributed by atoms with Gasteiger partial charge in [0.25, 0.3) is 5.56 Å². The van der Waals surface area contributed by atoms with Gasteiger partial charge in [0, 0.05) is 17.1 Å². The highest BCUT2D eigenvalue weighted by Crippen LogP contribution is 2.19. The Morgan fingerprint density at radius 2 is 1.80 bits per heavy atom. The molecule has 0 amide bonds. The van der Waals surface area contributed by atoms with E-state index in [0.29, 0.717) is 10.7 Å². The summed E-state index contributed by atoms with van der Waals surface area (Å²) in [5.41, 5.74) is -0.993. The maximum Gasteiger partial charge on any atom is 0.337 e. The molecule has 0 N–H and O–H groups in total. The van der Waals surface area contributed by atoms with Gasteiger partial charge in [-0.15, -0.1) is 6.58 Å². The number of halogens is 3. The van der Waals surface area contributed by atoms with Gasteiger partial charge in [-0.1, -0.05) is 29.8 Å². The molecule has 6 nitrogen and oxygen atoms in total. The largest absolute Gasteiger partial charge is 0.337 e. The number of aromatic nitrogens is 4. The number of allylic oxidation sites excluding steroid dienone is 1. The molecular weight excluding hydrogens is 414 g/mol. The zero-order valence-corrected chi connectivity index (χ0v) is 16.3. The Morgan fingerprint density at radius 1 is 1.10 bits per heavy atom. The molecule has 0 bridgehead atoms. The minimum Gasteiger partial charge on any atom is -0.320 e. The van der Waals surface area contributed by atoms with Gasteiger partial charge in [-0.25, -0.2) is 23.1 Å². The molecule has 30 heavy (non-hydrogen) atoms. The first kappa shape index (κ1) is 19.8. The molecule has 152 valence electrons. The van der Waals surface area contributed by atoms with Crippen molar-refractivity contribution in [3.63, 3.8) is 0 Å². The van der Waals surface area contributed by atoms with Crippen molar-refractivity contribution in [3.8, 4) is 5.69 Å². The van der Waals surface area contributed by atoms with Crippen molar-refractivity contribution in [1.29, 1.82) is 0 Å². The number of fused-ring (bicyclic) bond motifs is 1. The minimum atomic E-state index is -0.744. The van der Waals surface area contributed by atoms with Crippen LogP contribution in [0.4, 0.5) is 8.78 Å². The van der Waals surface area contributed by atoms with Crippen LogP contribution in [0.5, 0.6) is 0 Å². The molecule has 4 aromatic rings. The Kier molecular flexibility index (Phi) is 5.09. The van der Waals surface area contributed by atoms with Crippen molar-refractivity contribution in [2.24, 2.45) is 0 Å². The molecule has 0 aliphatic carbocycles.